The zero-order chi connectivity index (χ0) is 14.8. The first-order valence-corrected chi connectivity index (χ1v) is 6.28. The lowest BCUT2D eigenvalue weighted by atomic mass is 10.2. The molecule has 0 fully saturated rings. The maximum Gasteiger partial charge on any atom is 0.429 e. The number of carbonyl (C=O) groups excluding carboxylic acids is 1. The van der Waals surface area contributed by atoms with Crippen molar-refractivity contribution in [2.24, 2.45) is 0 Å². The average Bonchev–Trinajstić information content (AvgIpc) is 2.86. The Hall–Kier alpha value is -2.37. The lowest BCUT2D eigenvalue weighted by Gasteiger charge is -2.24. The van der Waals surface area contributed by atoms with E-state index < -0.39 is 11.7 Å². The molecule has 2 aromatic heterocycles. The van der Waals surface area contributed by atoms with Gasteiger partial charge in [-0.1, -0.05) is 0 Å². The van der Waals surface area contributed by atoms with Crippen LogP contribution in [0.4, 0.5) is 4.79 Å². The van der Waals surface area contributed by atoms with Gasteiger partial charge < -0.3 is 4.74 Å². The number of ether oxygens (including phenoxy) is 1. The van der Waals surface area contributed by atoms with Crippen molar-refractivity contribution in [2.75, 3.05) is 12.1 Å². The molecule has 0 saturated heterocycles. The normalized spacial score (nSPS) is 11.2. The predicted octanol–water partition coefficient (Wildman–Crippen LogP) is 2.45. The Labute approximate surface area is 118 Å². The molecule has 0 spiro atoms. The van der Waals surface area contributed by atoms with Crippen LogP contribution < -0.4 is 5.01 Å². The van der Waals surface area contributed by atoms with E-state index in [4.69, 9.17) is 4.74 Å². The molecular formula is C14H18N4O2. The molecule has 0 aliphatic carbocycles. The third kappa shape index (κ3) is 3.34. The summed E-state index contributed by atoms with van der Waals surface area (Å²) in [6.07, 6.45) is 6.30. The standard InChI is InChI=1S/C14H18N4O2/c1-14(2,3)20-13(19)17(4)18-9-12(16-10-18)11-6-5-7-15-8-11/h5-10H,1-4H3. The van der Waals surface area contributed by atoms with Gasteiger partial charge in [-0.3, -0.25) is 4.98 Å². The van der Waals surface area contributed by atoms with E-state index in [2.05, 4.69) is 9.97 Å². The Bertz CT molecular complexity index is 587. The van der Waals surface area contributed by atoms with Gasteiger partial charge in [0.1, 0.15) is 11.9 Å². The van der Waals surface area contributed by atoms with Gasteiger partial charge in [0.05, 0.1) is 11.9 Å². The van der Waals surface area contributed by atoms with E-state index in [9.17, 15) is 4.79 Å². The van der Waals surface area contributed by atoms with E-state index in [0.29, 0.717) is 0 Å². The molecule has 0 N–H and O–H groups in total. The van der Waals surface area contributed by atoms with Crippen molar-refractivity contribution in [3.63, 3.8) is 0 Å². The van der Waals surface area contributed by atoms with Gasteiger partial charge >= 0.3 is 6.09 Å². The lowest BCUT2D eigenvalue weighted by Crippen LogP contribution is -2.40. The van der Waals surface area contributed by atoms with Crippen LogP contribution in [0.2, 0.25) is 0 Å². The molecule has 2 heterocycles. The van der Waals surface area contributed by atoms with E-state index in [1.54, 1.807) is 36.6 Å². The highest BCUT2D eigenvalue weighted by Crippen LogP contribution is 2.15. The van der Waals surface area contributed by atoms with Crippen molar-refractivity contribution in [3.05, 3.63) is 37.1 Å². The van der Waals surface area contributed by atoms with Gasteiger partial charge in [0.2, 0.25) is 0 Å². The van der Waals surface area contributed by atoms with Crippen LogP contribution in [0.3, 0.4) is 0 Å². The molecule has 6 heteroatoms. The number of hydrogen-bond acceptors (Lipinski definition) is 4. The number of nitrogens with zero attached hydrogens (tertiary/aromatic N) is 4. The SMILES string of the molecule is CN(C(=O)OC(C)(C)C)n1cnc(-c2cccnc2)c1. The van der Waals surface area contributed by atoms with Crippen LogP contribution in [0.25, 0.3) is 11.3 Å². The van der Waals surface area contributed by atoms with E-state index in [1.165, 1.54) is 5.01 Å². The van der Waals surface area contributed by atoms with Gasteiger partial charge in [-0.05, 0) is 32.9 Å². The summed E-state index contributed by atoms with van der Waals surface area (Å²) >= 11 is 0. The Morgan fingerprint density at radius 1 is 1.40 bits per heavy atom. The van der Waals surface area contributed by atoms with Gasteiger partial charge in [-0.25, -0.2) is 19.5 Å². The van der Waals surface area contributed by atoms with E-state index in [-0.39, 0.29) is 0 Å². The maximum atomic E-state index is 11.9. The zero-order valence-corrected chi connectivity index (χ0v) is 12.1. The molecule has 6 nitrogen and oxygen atoms in total. The van der Waals surface area contributed by atoms with Crippen LogP contribution >= 0.6 is 0 Å². The highest BCUT2D eigenvalue weighted by molar-refractivity contribution is 5.78. The molecule has 20 heavy (non-hydrogen) atoms. The molecule has 0 saturated carbocycles. The molecule has 1 amide bonds. The fraction of sp³-hybridized carbons (Fsp3) is 0.357. The van der Waals surface area contributed by atoms with E-state index in [0.717, 1.165) is 11.3 Å². The quantitative estimate of drug-likeness (QED) is 0.844. The minimum absolute atomic E-state index is 0.437. The van der Waals surface area contributed by atoms with Crippen LogP contribution in [-0.4, -0.2) is 33.4 Å². The Balaban J connectivity index is 2.15. The smallest absolute Gasteiger partial charge is 0.429 e. The van der Waals surface area contributed by atoms with Crippen LogP contribution in [-0.2, 0) is 4.74 Å². The third-order valence-corrected chi connectivity index (χ3v) is 2.53. The van der Waals surface area contributed by atoms with Gasteiger partial charge in [-0.15, -0.1) is 0 Å². The molecule has 2 aromatic rings. The Morgan fingerprint density at radius 3 is 2.75 bits per heavy atom. The first-order chi connectivity index (χ1) is 9.37. The summed E-state index contributed by atoms with van der Waals surface area (Å²) in [6, 6.07) is 3.75. The fourth-order valence-electron chi connectivity index (χ4n) is 1.56. The minimum Gasteiger partial charge on any atom is -0.442 e. The van der Waals surface area contributed by atoms with Crippen LogP contribution in [0.15, 0.2) is 37.1 Å². The second-order valence-corrected chi connectivity index (χ2v) is 5.38. The third-order valence-electron chi connectivity index (χ3n) is 2.53. The predicted molar refractivity (Wildman–Crippen MR) is 75.8 cm³/mol. The number of imidazole rings is 1. The second-order valence-electron chi connectivity index (χ2n) is 5.38. The van der Waals surface area contributed by atoms with Gasteiger partial charge in [-0.2, -0.15) is 0 Å². The first-order valence-electron chi connectivity index (χ1n) is 6.28. The summed E-state index contributed by atoms with van der Waals surface area (Å²) in [4.78, 5) is 20.3. The first kappa shape index (κ1) is 14.0. The summed E-state index contributed by atoms with van der Waals surface area (Å²) in [5.74, 6) is 0. The zero-order valence-electron chi connectivity index (χ0n) is 12.1. The van der Waals surface area contributed by atoms with Crippen molar-refractivity contribution in [3.8, 4) is 11.3 Å². The number of aromatic nitrogens is 3. The number of carbonyl (C=O) groups is 1. The molecule has 2 rings (SSSR count). The van der Waals surface area contributed by atoms with Crippen molar-refractivity contribution in [1.29, 1.82) is 0 Å². The number of amides is 1. The van der Waals surface area contributed by atoms with E-state index in [1.807, 2.05) is 32.9 Å². The highest BCUT2D eigenvalue weighted by Gasteiger charge is 2.20. The van der Waals surface area contributed by atoms with Gasteiger partial charge in [0, 0.05) is 25.0 Å². The van der Waals surface area contributed by atoms with Crippen molar-refractivity contribution >= 4 is 6.09 Å². The summed E-state index contributed by atoms with van der Waals surface area (Å²) in [5, 5.41) is 1.36. The molecule has 0 radical (unpaired) electrons. The largest absolute Gasteiger partial charge is 0.442 e. The monoisotopic (exact) mass is 274 g/mol. The van der Waals surface area contributed by atoms with Crippen LogP contribution in [0, 0.1) is 0 Å². The molecule has 106 valence electrons. The molecular weight excluding hydrogens is 256 g/mol. The topological polar surface area (TPSA) is 60.2 Å². The second kappa shape index (κ2) is 5.32. The molecule has 0 aliphatic rings. The van der Waals surface area contributed by atoms with Crippen LogP contribution in [0.5, 0.6) is 0 Å². The van der Waals surface area contributed by atoms with Crippen molar-refractivity contribution in [2.45, 2.75) is 26.4 Å². The summed E-state index contributed by atoms with van der Waals surface area (Å²) in [5.41, 5.74) is 1.11. The lowest BCUT2D eigenvalue weighted by molar-refractivity contribution is 0.0551. The highest BCUT2D eigenvalue weighted by atomic mass is 16.6. The molecule has 0 aromatic carbocycles. The average molecular weight is 274 g/mol. The molecule has 0 unspecified atom stereocenters. The number of rotatable bonds is 2. The molecule has 0 bridgehead atoms. The van der Waals surface area contributed by atoms with Gasteiger partial charge in [0.15, 0.2) is 0 Å². The number of pyridine rings is 1. The summed E-state index contributed by atoms with van der Waals surface area (Å²) in [7, 11) is 1.63. The van der Waals surface area contributed by atoms with E-state index >= 15 is 0 Å². The maximum absolute atomic E-state index is 11.9. The Morgan fingerprint density at radius 2 is 2.15 bits per heavy atom. The minimum atomic E-state index is -0.530. The van der Waals surface area contributed by atoms with Crippen LogP contribution in [0.1, 0.15) is 20.8 Å². The Kier molecular flexibility index (Phi) is 3.74. The summed E-state index contributed by atoms with van der Waals surface area (Å²) in [6.45, 7) is 5.48. The molecule has 0 aliphatic heterocycles. The summed E-state index contributed by atoms with van der Waals surface area (Å²) < 4.78 is 6.87. The fourth-order valence-corrected chi connectivity index (χ4v) is 1.56. The van der Waals surface area contributed by atoms with Crippen molar-refractivity contribution < 1.29 is 9.53 Å². The molecule has 0 atom stereocenters. The number of hydrogen-bond donors (Lipinski definition) is 0. The van der Waals surface area contributed by atoms with Gasteiger partial charge in [0.25, 0.3) is 0 Å². The van der Waals surface area contributed by atoms with Crippen molar-refractivity contribution in [1.82, 2.24) is 14.6 Å².